The summed E-state index contributed by atoms with van der Waals surface area (Å²) >= 11 is 0. The van der Waals surface area contributed by atoms with Crippen molar-refractivity contribution in [2.45, 2.75) is 41.5 Å². The highest BCUT2D eigenvalue weighted by Crippen LogP contribution is 2.23. The molecule has 0 rings (SSSR count). The van der Waals surface area contributed by atoms with Crippen LogP contribution in [0.3, 0.4) is 0 Å². The van der Waals surface area contributed by atoms with Gasteiger partial charge in [-0.25, -0.2) is 0 Å². The van der Waals surface area contributed by atoms with Gasteiger partial charge < -0.3 is 11.2 Å². The molecule has 0 fully saturated rings. The molecule has 0 bridgehead atoms. The first-order chi connectivity index (χ1) is 5.37. The summed E-state index contributed by atoms with van der Waals surface area (Å²) in [5.74, 6) is 1.87. The van der Waals surface area contributed by atoms with E-state index in [2.05, 4.69) is 47.3 Å². The van der Waals surface area contributed by atoms with Gasteiger partial charge in [0, 0.05) is 5.92 Å². The van der Waals surface area contributed by atoms with Crippen LogP contribution in [0, 0.1) is 17.8 Å². The van der Waals surface area contributed by atoms with Crippen molar-refractivity contribution in [1.82, 2.24) is 0 Å². The fraction of sp³-hybridized carbons (Fsp3) is 0.818. The third-order valence-corrected chi connectivity index (χ3v) is 2.31. The van der Waals surface area contributed by atoms with Gasteiger partial charge in [0.15, 0.2) is 0 Å². The minimum atomic E-state index is 0. The Morgan fingerprint density at radius 1 is 0.769 bits per heavy atom. The van der Waals surface area contributed by atoms with E-state index in [0.29, 0.717) is 17.8 Å². The molecule has 80 valence electrons. The molecule has 2 heteroatoms. The average molecular weight is 187 g/mol. The zero-order chi connectivity index (χ0) is 9.89. The van der Waals surface area contributed by atoms with Crippen LogP contribution < -0.4 is 5.73 Å². The quantitative estimate of drug-likeness (QED) is 0.724. The van der Waals surface area contributed by atoms with E-state index < -0.39 is 0 Å². The van der Waals surface area contributed by atoms with Gasteiger partial charge in [-0.15, -0.1) is 0 Å². The summed E-state index contributed by atoms with van der Waals surface area (Å²) in [6.45, 7) is 13.4. The third kappa shape index (κ3) is 4.44. The highest BCUT2D eigenvalue weighted by atomic mass is 16.0. The van der Waals surface area contributed by atoms with E-state index in [-0.39, 0.29) is 5.48 Å². The SMILES string of the molecule is CC(C)C([NH3+])=C(C(C)C)C(C)C.[OH-]. The lowest BCUT2D eigenvalue weighted by atomic mass is 9.88. The van der Waals surface area contributed by atoms with E-state index in [0.717, 1.165) is 0 Å². The Morgan fingerprint density at radius 3 is 1.15 bits per heavy atom. The summed E-state index contributed by atoms with van der Waals surface area (Å²) in [5, 5.41) is 0. The van der Waals surface area contributed by atoms with Gasteiger partial charge in [0.2, 0.25) is 0 Å². The van der Waals surface area contributed by atoms with Gasteiger partial charge >= 0.3 is 0 Å². The van der Waals surface area contributed by atoms with Crippen LogP contribution >= 0.6 is 0 Å². The van der Waals surface area contributed by atoms with Gasteiger partial charge in [-0.05, 0) is 17.4 Å². The normalized spacial score (nSPS) is 10.6. The lowest BCUT2D eigenvalue weighted by Gasteiger charge is -2.18. The highest BCUT2D eigenvalue weighted by Gasteiger charge is 2.16. The monoisotopic (exact) mass is 187 g/mol. The summed E-state index contributed by atoms with van der Waals surface area (Å²) < 4.78 is 0. The average Bonchev–Trinajstić information content (AvgIpc) is 1.85. The summed E-state index contributed by atoms with van der Waals surface area (Å²) in [5.41, 5.74) is 7.03. The predicted octanol–water partition coefficient (Wildman–Crippen LogP) is 2.27. The summed E-state index contributed by atoms with van der Waals surface area (Å²) in [7, 11) is 0. The molecule has 0 amide bonds. The molecule has 13 heavy (non-hydrogen) atoms. The summed E-state index contributed by atoms with van der Waals surface area (Å²) in [4.78, 5) is 0. The molecule has 0 aliphatic carbocycles. The number of quaternary nitrogens is 1. The maximum atomic E-state index is 4.16. The fourth-order valence-electron chi connectivity index (χ4n) is 1.74. The van der Waals surface area contributed by atoms with Crippen molar-refractivity contribution in [2.75, 3.05) is 0 Å². The number of hydrogen-bond acceptors (Lipinski definition) is 1. The van der Waals surface area contributed by atoms with Crippen LogP contribution in [0.2, 0.25) is 0 Å². The van der Waals surface area contributed by atoms with Crippen molar-refractivity contribution in [3.8, 4) is 0 Å². The van der Waals surface area contributed by atoms with E-state index >= 15 is 0 Å². The number of rotatable bonds is 3. The van der Waals surface area contributed by atoms with Crippen LogP contribution in [0.1, 0.15) is 41.5 Å². The second-order valence-corrected chi connectivity index (χ2v) is 4.44. The predicted molar refractivity (Wildman–Crippen MR) is 56.4 cm³/mol. The zero-order valence-electron chi connectivity index (χ0n) is 9.89. The van der Waals surface area contributed by atoms with Crippen molar-refractivity contribution in [2.24, 2.45) is 17.8 Å². The second kappa shape index (κ2) is 6.17. The molecule has 0 aromatic carbocycles. The Labute approximate surface area is 82.5 Å². The number of hydrogen-bond donors (Lipinski definition) is 1. The zero-order valence-corrected chi connectivity index (χ0v) is 9.89. The van der Waals surface area contributed by atoms with E-state index in [9.17, 15) is 0 Å². The highest BCUT2D eigenvalue weighted by molar-refractivity contribution is 5.12. The maximum Gasteiger partial charge on any atom is 0.106 e. The molecular formula is C11H25NO. The van der Waals surface area contributed by atoms with Crippen molar-refractivity contribution in [3.63, 3.8) is 0 Å². The lowest BCUT2D eigenvalue weighted by molar-refractivity contribution is -0.316. The van der Waals surface area contributed by atoms with Gasteiger partial charge in [0.25, 0.3) is 0 Å². The molecule has 0 saturated carbocycles. The molecule has 0 heterocycles. The lowest BCUT2D eigenvalue weighted by Crippen LogP contribution is -2.51. The van der Waals surface area contributed by atoms with Crippen molar-refractivity contribution in [1.29, 1.82) is 0 Å². The topological polar surface area (TPSA) is 57.6 Å². The third-order valence-electron chi connectivity index (χ3n) is 2.31. The van der Waals surface area contributed by atoms with Crippen LogP contribution in [0.4, 0.5) is 0 Å². The smallest absolute Gasteiger partial charge is 0.106 e. The Hall–Kier alpha value is -0.340. The molecule has 4 N–H and O–H groups in total. The standard InChI is InChI=1S/C11H23N.H2O/c1-7(2)10(8(3)4)11(12)9(5)6;/h7-9H,12H2,1-6H3;1H2. The molecule has 0 aliphatic heterocycles. The van der Waals surface area contributed by atoms with Gasteiger partial charge in [-0.1, -0.05) is 41.5 Å². The molecule has 2 nitrogen and oxygen atoms in total. The molecule has 0 saturated heterocycles. The largest absolute Gasteiger partial charge is 0.870 e. The fourth-order valence-corrected chi connectivity index (χ4v) is 1.74. The molecule has 0 radical (unpaired) electrons. The number of allylic oxidation sites excluding steroid dienone is 2. The molecular weight excluding hydrogens is 162 g/mol. The molecule has 0 unspecified atom stereocenters. The maximum absolute atomic E-state index is 4.16. The molecule has 0 aromatic heterocycles. The molecule has 0 aromatic rings. The van der Waals surface area contributed by atoms with Gasteiger partial charge in [-0.3, -0.25) is 0 Å². The Bertz CT molecular complexity index is 159. The molecule has 0 aliphatic rings. The van der Waals surface area contributed by atoms with E-state index in [1.807, 2.05) is 0 Å². The van der Waals surface area contributed by atoms with E-state index in [4.69, 9.17) is 0 Å². The van der Waals surface area contributed by atoms with Crippen LogP contribution in [0.5, 0.6) is 0 Å². The molecule has 0 spiro atoms. The van der Waals surface area contributed by atoms with E-state index in [1.165, 1.54) is 11.3 Å². The van der Waals surface area contributed by atoms with Crippen molar-refractivity contribution in [3.05, 3.63) is 11.3 Å². The minimum absolute atomic E-state index is 0. The Morgan fingerprint density at radius 2 is 1.08 bits per heavy atom. The van der Waals surface area contributed by atoms with Crippen molar-refractivity contribution < 1.29 is 11.2 Å². The first-order valence-corrected chi connectivity index (χ1v) is 4.93. The molecule has 0 atom stereocenters. The Kier molecular flexibility index (Phi) is 7.18. The summed E-state index contributed by atoms with van der Waals surface area (Å²) in [6.07, 6.45) is 0. The van der Waals surface area contributed by atoms with Gasteiger partial charge in [0.1, 0.15) is 5.70 Å². The van der Waals surface area contributed by atoms with E-state index in [1.54, 1.807) is 0 Å². The van der Waals surface area contributed by atoms with Gasteiger partial charge in [0.05, 0.1) is 0 Å². The van der Waals surface area contributed by atoms with Crippen LogP contribution in [0.25, 0.3) is 0 Å². The second-order valence-electron chi connectivity index (χ2n) is 4.44. The van der Waals surface area contributed by atoms with Crippen molar-refractivity contribution >= 4 is 0 Å². The first kappa shape index (κ1) is 15.1. The summed E-state index contributed by atoms with van der Waals surface area (Å²) in [6, 6.07) is 0. The van der Waals surface area contributed by atoms with Crippen LogP contribution in [-0.4, -0.2) is 5.48 Å². The van der Waals surface area contributed by atoms with Crippen LogP contribution in [0.15, 0.2) is 11.3 Å². The van der Waals surface area contributed by atoms with Gasteiger partial charge in [-0.2, -0.15) is 0 Å². The Balaban J connectivity index is 0. The van der Waals surface area contributed by atoms with Crippen LogP contribution in [-0.2, 0) is 0 Å². The first-order valence-electron chi connectivity index (χ1n) is 4.93. The minimum Gasteiger partial charge on any atom is -0.870 e.